The minimum Gasteiger partial charge on any atom is -0.460 e. The van der Waals surface area contributed by atoms with Gasteiger partial charge in [-0.2, -0.15) is 0 Å². The molecule has 26 heavy (non-hydrogen) atoms. The monoisotopic (exact) mass is 399 g/mol. The van der Waals surface area contributed by atoms with Crippen molar-refractivity contribution in [1.82, 2.24) is 4.98 Å². The van der Waals surface area contributed by atoms with E-state index in [1.165, 1.54) is 18.2 Å². The predicted molar refractivity (Wildman–Crippen MR) is 100 cm³/mol. The fourth-order valence-corrected chi connectivity index (χ4v) is 2.35. The molecule has 2 aromatic rings. The lowest BCUT2D eigenvalue weighted by atomic mass is 10.1. The van der Waals surface area contributed by atoms with Crippen LogP contribution in [0.1, 0.15) is 34.6 Å². The minimum absolute atomic E-state index is 0.0123. The first-order valence-electron chi connectivity index (χ1n) is 7.93. The van der Waals surface area contributed by atoms with Crippen molar-refractivity contribution in [3.8, 4) is 17.1 Å². The third-order valence-electron chi connectivity index (χ3n) is 3.23. The van der Waals surface area contributed by atoms with E-state index >= 15 is 0 Å². The van der Waals surface area contributed by atoms with Crippen LogP contribution in [0.4, 0.5) is 4.39 Å². The average Bonchev–Trinajstić information content (AvgIpc) is 2.47. The third-order valence-corrected chi connectivity index (χ3v) is 3.76. The van der Waals surface area contributed by atoms with E-state index in [1.54, 1.807) is 46.8 Å². The highest BCUT2D eigenvalue weighted by molar-refractivity contribution is 6.31. The summed E-state index contributed by atoms with van der Waals surface area (Å²) >= 11 is 11.8. The molecule has 0 saturated heterocycles. The number of hydrogen-bond donors (Lipinski definition) is 0. The first-order valence-corrected chi connectivity index (χ1v) is 8.68. The normalized spacial score (nSPS) is 12.0. The maximum Gasteiger partial charge on any atom is 0.350 e. The quantitative estimate of drug-likeness (QED) is 0.619. The second kappa shape index (κ2) is 7.41. The number of esters is 1. The van der Waals surface area contributed by atoms with Gasteiger partial charge >= 0.3 is 5.97 Å². The number of ether oxygens (including phenoxy) is 2. The molecule has 0 aliphatic rings. The molecule has 0 fully saturated rings. The highest BCUT2D eigenvalue weighted by Gasteiger charge is 2.35. The van der Waals surface area contributed by atoms with Crippen molar-refractivity contribution in [1.29, 1.82) is 0 Å². The largest absolute Gasteiger partial charge is 0.460 e. The van der Waals surface area contributed by atoms with E-state index in [9.17, 15) is 9.18 Å². The Morgan fingerprint density at radius 1 is 1.08 bits per heavy atom. The molecule has 0 aliphatic heterocycles. The van der Waals surface area contributed by atoms with Gasteiger partial charge in [0.05, 0.1) is 10.7 Å². The van der Waals surface area contributed by atoms with Gasteiger partial charge in [0, 0.05) is 16.7 Å². The molecule has 0 aliphatic carbocycles. The molecule has 7 heteroatoms. The molecule has 0 N–H and O–H groups in total. The van der Waals surface area contributed by atoms with Crippen LogP contribution in [0.25, 0.3) is 11.3 Å². The number of benzene rings is 1. The summed E-state index contributed by atoms with van der Waals surface area (Å²) < 4.78 is 24.8. The first-order chi connectivity index (χ1) is 11.9. The molecule has 2 rings (SSSR count). The van der Waals surface area contributed by atoms with Crippen LogP contribution < -0.4 is 4.74 Å². The number of halogens is 3. The summed E-state index contributed by atoms with van der Waals surface area (Å²) in [5.74, 6) is -0.980. The van der Waals surface area contributed by atoms with Gasteiger partial charge in [0.1, 0.15) is 11.4 Å². The summed E-state index contributed by atoms with van der Waals surface area (Å²) in [5, 5.41) is 0.346. The Bertz CT molecular complexity index is 832. The third kappa shape index (κ3) is 5.32. The van der Waals surface area contributed by atoms with E-state index in [4.69, 9.17) is 32.7 Å². The predicted octanol–water partition coefficient (Wildman–Crippen LogP) is 5.69. The second-order valence-electron chi connectivity index (χ2n) is 7.25. The van der Waals surface area contributed by atoms with E-state index in [-0.39, 0.29) is 10.9 Å². The van der Waals surface area contributed by atoms with Crippen LogP contribution >= 0.6 is 23.2 Å². The van der Waals surface area contributed by atoms with Crippen molar-refractivity contribution in [3.05, 3.63) is 46.2 Å². The lowest BCUT2D eigenvalue weighted by Gasteiger charge is -2.28. The molecule has 1 heterocycles. The second-order valence-corrected chi connectivity index (χ2v) is 8.10. The Morgan fingerprint density at radius 3 is 2.31 bits per heavy atom. The van der Waals surface area contributed by atoms with Crippen LogP contribution in [0, 0.1) is 5.82 Å². The molecule has 1 aromatic heterocycles. The zero-order valence-corrected chi connectivity index (χ0v) is 16.7. The summed E-state index contributed by atoms with van der Waals surface area (Å²) in [7, 11) is 0. The van der Waals surface area contributed by atoms with E-state index in [0.717, 1.165) is 0 Å². The molecule has 0 radical (unpaired) electrons. The van der Waals surface area contributed by atoms with E-state index in [2.05, 4.69) is 4.98 Å². The molecule has 1 aromatic carbocycles. The number of rotatable bonds is 4. The summed E-state index contributed by atoms with van der Waals surface area (Å²) in [6.45, 7) is 8.46. The van der Waals surface area contributed by atoms with Gasteiger partial charge in [-0.25, -0.2) is 14.2 Å². The topological polar surface area (TPSA) is 48.4 Å². The summed E-state index contributed by atoms with van der Waals surface area (Å²) in [4.78, 5) is 16.6. The molecular formula is C19H20Cl2FNO3. The van der Waals surface area contributed by atoms with E-state index in [0.29, 0.717) is 16.3 Å². The van der Waals surface area contributed by atoms with Gasteiger partial charge in [-0.1, -0.05) is 29.3 Å². The number of nitrogens with zero attached hydrogens (tertiary/aromatic N) is 1. The molecule has 0 unspecified atom stereocenters. The van der Waals surface area contributed by atoms with Crippen LogP contribution in [-0.2, 0) is 9.53 Å². The van der Waals surface area contributed by atoms with Gasteiger partial charge < -0.3 is 9.47 Å². The van der Waals surface area contributed by atoms with Crippen molar-refractivity contribution < 1.29 is 18.7 Å². The molecule has 0 spiro atoms. The standard InChI is InChI=1S/C19H20Cl2FNO3/c1-18(2,3)26-17(24)19(4,5)25-16-10-12(20)9-15(23-16)11-6-7-13(21)14(22)8-11/h6-10H,1-5H3. The Balaban J connectivity index is 2.32. The number of carbonyl (C=O) groups is 1. The van der Waals surface area contributed by atoms with Crippen molar-refractivity contribution in [2.24, 2.45) is 0 Å². The number of pyridine rings is 1. The molecule has 0 saturated carbocycles. The molecule has 0 bridgehead atoms. The van der Waals surface area contributed by atoms with Gasteiger partial charge in [0.15, 0.2) is 0 Å². The van der Waals surface area contributed by atoms with Gasteiger partial charge in [0.2, 0.25) is 11.5 Å². The number of carbonyl (C=O) groups excluding carboxylic acids is 1. The zero-order valence-electron chi connectivity index (χ0n) is 15.2. The van der Waals surface area contributed by atoms with E-state index < -0.39 is 23.0 Å². The summed E-state index contributed by atoms with van der Waals surface area (Å²) in [6.07, 6.45) is 0. The molecule has 4 nitrogen and oxygen atoms in total. The molecule has 0 atom stereocenters. The van der Waals surface area contributed by atoms with Crippen LogP contribution in [0.3, 0.4) is 0 Å². The maximum absolute atomic E-state index is 13.7. The van der Waals surface area contributed by atoms with Crippen LogP contribution in [0.5, 0.6) is 5.88 Å². The first kappa shape index (κ1) is 20.5. The van der Waals surface area contributed by atoms with Gasteiger partial charge in [0.25, 0.3) is 0 Å². The fraction of sp³-hybridized carbons (Fsp3) is 0.368. The SMILES string of the molecule is CC(C)(C)OC(=O)C(C)(C)Oc1cc(Cl)cc(-c2ccc(Cl)c(F)c2)n1. The van der Waals surface area contributed by atoms with Crippen LogP contribution in [-0.4, -0.2) is 22.2 Å². The highest BCUT2D eigenvalue weighted by Crippen LogP contribution is 2.29. The Labute approximate surface area is 162 Å². The maximum atomic E-state index is 13.7. The van der Waals surface area contributed by atoms with Crippen molar-refractivity contribution in [2.45, 2.75) is 45.8 Å². The molecular weight excluding hydrogens is 380 g/mol. The lowest BCUT2D eigenvalue weighted by Crippen LogP contribution is -2.43. The van der Waals surface area contributed by atoms with Crippen molar-refractivity contribution in [3.63, 3.8) is 0 Å². The number of aromatic nitrogens is 1. The smallest absolute Gasteiger partial charge is 0.350 e. The average molecular weight is 400 g/mol. The van der Waals surface area contributed by atoms with Crippen LogP contribution in [0.15, 0.2) is 30.3 Å². The summed E-state index contributed by atoms with van der Waals surface area (Å²) in [6, 6.07) is 7.34. The van der Waals surface area contributed by atoms with Crippen LogP contribution in [0.2, 0.25) is 10.0 Å². The highest BCUT2D eigenvalue weighted by atomic mass is 35.5. The van der Waals surface area contributed by atoms with Gasteiger partial charge in [-0.05, 0) is 52.8 Å². The molecule has 0 amide bonds. The molecule has 140 valence electrons. The number of hydrogen-bond acceptors (Lipinski definition) is 4. The Kier molecular flexibility index (Phi) is 5.83. The summed E-state index contributed by atoms with van der Waals surface area (Å²) in [5.41, 5.74) is -1.06. The van der Waals surface area contributed by atoms with Gasteiger partial charge in [-0.15, -0.1) is 0 Å². The Hall–Kier alpha value is -1.85. The minimum atomic E-state index is -1.28. The Morgan fingerprint density at radius 2 is 1.73 bits per heavy atom. The van der Waals surface area contributed by atoms with E-state index in [1.807, 2.05) is 0 Å². The van der Waals surface area contributed by atoms with Crippen molar-refractivity contribution >= 4 is 29.2 Å². The van der Waals surface area contributed by atoms with Gasteiger partial charge in [-0.3, -0.25) is 0 Å². The fourth-order valence-electron chi connectivity index (χ4n) is 2.03. The zero-order chi connectivity index (χ0) is 19.7. The van der Waals surface area contributed by atoms with Crippen molar-refractivity contribution in [2.75, 3.05) is 0 Å². The lowest BCUT2D eigenvalue weighted by molar-refractivity contribution is -0.171.